The van der Waals surface area contributed by atoms with E-state index in [2.05, 4.69) is 17.3 Å². The van der Waals surface area contributed by atoms with E-state index in [9.17, 15) is 4.79 Å². The molecule has 4 rings (SSSR count). The molecule has 0 radical (unpaired) electrons. The van der Waals surface area contributed by atoms with Gasteiger partial charge >= 0.3 is 0 Å². The number of pyridine rings is 1. The fourth-order valence-corrected chi connectivity index (χ4v) is 4.15. The Kier molecular flexibility index (Phi) is 4.05. The lowest BCUT2D eigenvalue weighted by Crippen LogP contribution is -2.52. The predicted molar refractivity (Wildman–Crippen MR) is 99.9 cm³/mol. The maximum atomic E-state index is 13.3. The zero-order chi connectivity index (χ0) is 17.6. The number of aryl methyl sites for hydroxylation is 2. The third kappa shape index (κ3) is 2.73. The molecule has 0 spiro atoms. The Morgan fingerprint density at radius 3 is 3.00 bits per heavy atom. The van der Waals surface area contributed by atoms with Crippen molar-refractivity contribution in [2.45, 2.75) is 19.9 Å². The van der Waals surface area contributed by atoms with E-state index in [4.69, 9.17) is 4.98 Å². The molecule has 1 atom stereocenters. The van der Waals surface area contributed by atoms with Gasteiger partial charge in [-0.25, -0.2) is 4.98 Å². The van der Waals surface area contributed by atoms with E-state index in [0.717, 1.165) is 46.9 Å². The van der Waals surface area contributed by atoms with Crippen LogP contribution in [0.2, 0.25) is 0 Å². The normalized spacial score (nSPS) is 18.0. The fraction of sp³-hybridized carbons (Fsp3) is 0.389. The van der Waals surface area contributed by atoms with Crippen LogP contribution in [0.5, 0.6) is 0 Å². The molecule has 1 N–H and O–H groups in total. The summed E-state index contributed by atoms with van der Waals surface area (Å²) in [5, 5.41) is 10.7. The van der Waals surface area contributed by atoms with Crippen LogP contribution in [0.15, 0.2) is 23.6 Å². The molecule has 0 aromatic carbocycles. The van der Waals surface area contributed by atoms with Crippen LogP contribution in [0.25, 0.3) is 21.6 Å². The number of piperazine rings is 1. The number of aromatic nitrogens is 3. The maximum absolute atomic E-state index is 13.3. The van der Waals surface area contributed by atoms with E-state index >= 15 is 0 Å². The first kappa shape index (κ1) is 16.2. The molecule has 130 valence electrons. The predicted octanol–water partition coefficient (Wildman–Crippen LogP) is 2.44. The van der Waals surface area contributed by atoms with Crippen LogP contribution in [0.1, 0.15) is 23.0 Å². The topological polar surface area (TPSA) is 63.1 Å². The summed E-state index contributed by atoms with van der Waals surface area (Å²) in [7, 11) is 1.88. The van der Waals surface area contributed by atoms with Crippen molar-refractivity contribution in [3.05, 3.63) is 34.8 Å². The molecule has 7 heteroatoms. The molecule has 3 aromatic heterocycles. The maximum Gasteiger partial charge on any atom is 0.255 e. The molecule has 3 aromatic rings. The van der Waals surface area contributed by atoms with Crippen molar-refractivity contribution in [3.63, 3.8) is 0 Å². The minimum Gasteiger partial charge on any atom is -0.333 e. The van der Waals surface area contributed by atoms with Gasteiger partial charge in [0, 0.05) is 32.7 Å². The molecular formula is C18H21N5OS. The number of carbonyl (C=O) groups excluding carboxylic acids is 1. The first-order valence-electron chi connectivity index (χ1n) is 8.46. The van der Waals surface area contributed by atoms with Crippen LogP contribution in [0.4, 0.5) is 0 Å². The third-order valence-electron chi connectivity index (χ3n) is 4.73. The zero-order valence-electron chi connectivity index (χ0n) is 14.6. The zero-order valence-corrected chi connectivity index (χ0v) is 15.4. The molecule has 6 nitrogen and oxygen atoms in total. The van der Waals surface area contributed by atoms with Gasteiger partial charge in [0.15, 0.2) is 5.65 Å². The van der Waals surface area contributed by atoms with E-state index in [1.54, 1.807) is 16.0 Å². The number of fused-ring (bicyclic) bond motifs is 1. The molecule has 0 aliphatic carbocycles. The number of hydrogen-bond acceptors (Lipinski definition) is 5. The second-order valence-electron chi connectivity index (χ2n) is 6.49. The van der Waals surface area contributed by atoms with Crippen LogP contribution in [-0.2, 0) is 7.05 Å². The Labute approximate surface area is 150 Å². The molecule has 0 unspecified atom stereocenters. The Morgan fingerprint density at radius 1 is 1.44 bits per heavy atom. The van der Waals surface area contributed by atoms with Gasteiger partial charge in [0.25, 0.3) is 5.91 Å². The summed E-state index contributed by atoms with van der Waals surface area (Å²) >= 11 is 1.63. The van der Waals surface area contributed by atoms with E-state index in [1.165, 1.54) is 0 Å². The minimum absolute atomic E-state index is 0.0651. The lowest BCUT2D eigenvalue weighted by atomic mass is 10.1. The van der Waals surface area contributed by atoms with Crippen molar-refractivity contribution in [1.29, 1.82) is 0 Å². The highest BCUT2D eigenvalue weighted by atomic mass is 32.1. The van der Waals surface area contributed by atoms with Crippen molar-refractivity contribution < 1.29 is 4.79 Å². The number of nitrogens with one attached hydrogen (secondary N) is 1. The molecule has 1 aliphatic rings. The fourth-order valence-electron chi connectivity index (χ4n) is 3.46. The van der Waals surface area contributed by atoms with Gasteiger partial charge in [-0.2, -0.15) is 5.10 Å². The third-order valence-corrected chi connectivity index (χ3v) is 5.63. The largest absolute Gasteiger partial charge is 0.333 e. The summed E-state index contributed by atoms with van der Waals surface area (Å²) in [5.41, 5.74) is 3.13. The SMILES string of the molecule is Cc1nn(C)c2nc(-c3cccs3)cc(C(=O)N3CCNC[C@H]3C)c12. The Bertz CT molecular complexity index is 931. The smallest absolute Gasteiger partial charge is 0.255 e. The number of thiophene rings is 1. The molecule has 4 heterocycles. The number of hydrogen-bond donors (Lipinski definition) is 1. The molecule has 1 aliphatic heterocycles. The van der Waals surface area contributed by atoms with Gasteiger partial charge in [-0.15, -0.1) is 11.3 Å². The number of nitrogens with zero attached hydrogens (tertiary/aromatic N) is 4. The van der Waals surface area contributed by atoms with Gasteiger partial charge < -0.3 is 10.2 Å². The summed E-state index contributed by atoms with van der Waals surface area (Å²) in [6.07, 6.45) is 0. The van der Waals surface area contributed by atoms with E-state index in [1.807, 2.05) is 42.5 Å². The highest BCUT2D eigenvalue weighted by Crippen LogP contribution is 2.30. The Hall–Kier alpha value is -2.25. The van der Waals surface area contributed by atoms with Gasteiger partial charge in [0.2, 0.25) is 0 Å². The van der Waals surface area contributed by atoms with Crippen molar-refractivity contribution >= 4 is 28.3 Å². The first-order valence-corrected chi connectivity index (χ1v) is 9.34. The van der Waals surface area contributed by atoms with E-state index in [-0.39, 0.29) is 11.9 Å². The van der Waals surface area contributed by atoms with Gasteiger partial charge in [-0.3, -0.25) is 9.48 Å². The average molecular weight is 355 g/mol. The summed E-state index contributed by atoms with van der Waals surface area (Å²) in [6.45, 7) is 6.39. The lowest BCUT2D eigenvalue weighted by Gasteiger charge is -2.34. The summed E-state index contributed by atoms with van der Waals surface area (Å²) in [4.78, 5) is 21.1. The van der Waals surface area contributed by atoms with Crippen molar-refractivity contribution in [3.8, 4) is 10.6 Å². The van der Waals surface area contributed by atoms with Crippen LogP contribution in [-0.4, -0.2) is 51.2 Å². The monoisotopic (exact) mass is 355 g/mol. The van der Waals surface area contributed by atoms with Gasteiger partial charge in [0.05, 0.1) is 27.2 Å². The quantitative estimate of drug-likeness (QED) is 0.767. The Balaban J connectivity index is 1.90. The van der Waals surface area contributed by atoms with Crippen molar-refractivity contribution in [2.24, 2.45) is 7.05 Å². The van der Waals surface area contributed by atoms with E-state index in [0.29, 0.717) is 5.56 Å². The summed E-state index contributed by atoms with van der Waals surface area (Å²) < 4.78 is 1.76. The van der Waals surface area contributed by atoms with Gasteiger partial charge in [-0.1, -0.05) is 6.07 Å². The van der Waals surface area contributed by atoms with Crippen LogP contribution in [0, 0.1) is 6.92 Å². The van der Waals surface area contributed by atoms with E-state index < -0.39 is 0 Å². The Morgan fingerprint density at radius 2 is 2.28 bits per heavy atom. The van der Waals surface area contributed by atoms with Crippen molar-refractivity contribution in [2.75, 3.05) is 19.6 Å². The second-order valence-corrected chi connectivity index (χ2v) is 7.44. The standard InChI is InChI=1S/C18H21N5OS/c1-11-10-19-6-7-23(11)18(24)13-9-14(15-5-4-8-25-15)20-17-16(13)12(2)21-22(17)3/h4-5,8-9,11,19H,6-7,10H2,1-3H3/t11-/m1/s1. The lowest BCUT2D eigenvalue weighted by molar-refractivity contribution is 0.0657. The van der Waals surface area contributed by atoms with Crippen LogP contribution < -0.4 is 5.32 Å². The summed E-state index contributed by atoms with van der Waals surface area (Å²) in [6, 6.07) is 6.14. The van der Waals surface area contributed by atoms with Crippen LogP contribution >= 0.6 is 11.3 Å². The average Bonchev–Trinajstić information content (AvgIpc) is 3.23. The molecule has 25 heavy (non-hydrogen) atoms. The summed E-state index contributed by atoms with van der Waals surface area (Å²) in [5.74, 6) is 0.0651. The highest BCUT2D eigenvalue weighted by Gasteiger charge is 2.27. The molecular weight excluding hydrogens is 334 g/mol. The van der Waals surface area contributed by atoms with Crippen LogP contribution in [0.3, 0.4) is 0 Å². The number of amides is 1. The van der Waals surface area contributed by atoms with Gasteiger partial charge in [-0.05, 0) is 31.4 Å². The number of carbonyl (C=O) groups is 1. The molecule has 1 saturated heterocycles. The van der Waals surface area contributed by atoms with Gasteiger partial charge in [0.1, 0.15) is 0 Å². The molecule has 1 fully saturated rings. The second kappa shape index (κ2) is 6.24. The van der Waals surface area contributed by atoms with Crippen molar-refractivity contribution in [1.82, 2.24) is 25.0 Å². The molecule has 0 saturated carbocycles. The highest BCUT2D eigenvalue weighted by molar-refractivity contribution is 7.13. The molecule has 0 bridgehead atoms. The first-order chi connectivity index (χ1) is 12.1. The minimum atomic E-state index is 0.0651. The molecule has 1 amide bonds. The number of rotatable bonds is 2.